The lowest BCUT2D eigenvalue weighted by Crippen LogP contribution is -2.44. The monoisotopic (exact) mass is 560 g/mol. The highest BCUT2D eigenvalue weighted by atomic mass is 35.5. The van der Waals surface area contributed by atoms with Gasteiger partial charge in [-0.2, -0.15) is 0 Å². The van der Waals surface area contributed by atoms with Crippen LogP contribution in [0.3, 0.4) is 0 Å². The number of hydrogen-bond acceptors (Lipinski definition) is 7. The molecule has 1 aromatic carbocycles. The Morgan fingerprint density at radius 3 is 2.69 bits per heavy atom. The number of halogens is 3. The highest BCUT2D eigenvalue weighted by Gasteiger charge is 2.48. The van der Waals surface area contributed by atoms with Gasteiger partial charge < -0.3 is 10.6 Å². The maximum Gasteiger partial charge on any atom is 0.184 e. The largest absolute Gasteiger partial charge is 0.355 e. The number of piperidine rings is 1. The van der Waals surface area contributed by atoms with E-state index < -0.39 is 0 Å². The highest BCUT2D eigenvalue weighted by molar-refractivity contribution is 7.99. The van der Waals surface area contributed by atoms with Crippen LogP contribution in [-0.4, -0.2) is 32.4 Å². The van der Waals surface area contributed by atoms with Crippen molar-refractivity contribution in [1.29, 1.82) is 0 Å². The fraction of sp³-hybridized carbons (Fsp3) is 0.292. The first-order chi connectivity index (χ1) is 16.9. The van der Waals surface area contributed by atoms with Crippen LogP contribution in [0.15, 0.2) is 46.3 Å². The van der Waals surface area contributed by atoms with E-state index in [9.17, 15) is 0 Å². The van der Waals surface area contributed by atoms with E-state index in [1.54, 1.807) is 17.8 Å². The van der Waals surface area contributed by atoms with Gasteiger partial charge in [0.2, 0.25) is 0 Å². The van der Waals surface area contributed by atoms with Gasteiger partial charge in [-0.1, -0.05) is 52.6 Å². The summed E-state index contributed by atoms with van der Waals surface area (Å²) in [6.45, 7) is 1.80. The number of imidazole rings is 2. The Hall–Kier alpha value is -1.81. The van der Waals surface area contributed by atoms with Gasteiger partial charge in [-0.15, -0.1) is 11.3 Å². The van der Waals surface area contributed by atoms with Crippen LogP contribution in [-0.2, 0) is 6.42 Å². The lowest BCUT2D eigenvalue weighted by atomic mass is 9.74. The van der Waals surface area contributed by atoms with Crippen molar-refractivity contribution in [3.63, 3.8) is 0 Å². The molecule has 1 spiro atoms. The second-order valence-corrected chi connectivity index (χ2v) is 12.7. The molecular weight excluding hydrogens is 543 g/mol. The second-order valence-electron chi connectivity index (χ2n) is 9.23. The van der Waals surface area contributed by atoms with Crippen LogP contribution in [0.5, 0.6) is 0 Å². The van der Waals surface area contributed by atoms with Gasteiger partial charge in [0.25, 0.3) is 0 Å². The maximum atomic E-state index is 6.71. The normalized spacial score (nSPS) is 19.4. The molecule has 178 valence electrons. The number of thiazole rings is 1. The van der Waals surface area contributed by atoms with Crippen LogP contribution in [0.2, 0.25) is 14.5 Å². The zero-order valence-corrected chi connectivity index (χ0v) is 22.2. The van der Waals surface area contributed by atoms with Crippen molar-refractivity contribution >= 4 is 80.5 Å². The number of nitrogens with zero attached hydrogens (tertiary/aromatic N) is 5. The Kier molecular flexibility index (Phi) is 5.18. The number of nitrogens with two attached hydrogens (primary N) is 1. The maximum absolute atomic E-state index is 6.71. The van der Waals surface area contributed by atoms with Crippen LogP contribution >= 0.6 is 57.9 Å². The Labute approximate surface area is 224 Å². The predicted molar refractivity (Wildman–Crippen MR) is 144 cm³/mol. The third-order valence-electron chi connectivity index (χ3n) is 7.40. The van der Waals surface area contributed by atoms with Crippen molar-refractivity contribution in [2.45, 2.75) is 35.1 Å². The number of rotatable bonds is 3. The molecule has 1 aliphatic heterocycles. The zero-order chi connectivity index (χ0) is 23.9. The lowest BCUT2D eigenvalue weighted by Gasteiger charge is -2.42. The fourth-order valence-electron chi connectivity index (χ4n) is 5.54. The molecule has 35 heavy (non-hydrogen) atoms. The topological polar surface area (TPSA) is 72.3 Å². The Balaban J connectivity index is 1.17. The molecule has 0 saturated carbocycles. The number of anilines is 1. The van der Waals surface area contributed by atoms with Crippen molar-refractivity contribution in [3.05, 3.63) is 61.6 Å². The molecule has 1 aliphatic carbocycles. The Bertz CT molecular complexity index is 1590. The zero-order valence-electron chi connectivity index (χ0n) is 18.3. The number of benzene rings is 1. The van der Waals surface area contributed by atoms with Crippen molar-refractivity contribution in [2.75, 3.05) is 18.0 Å². The molecule has 0 amide bonds. The Morgan fingerprint density at radius 1 is 1.06 bits per heavy atom. The summed E-state index contributed by atoms with van der Waals surface area (Å²) in [5, 5.41) is 1.10. The molecule has 0 radical (unpaired) electrons. The summed E-state index contributed by atoms with van der Waals surface area (Å²) in [5.41, 5.74) is 10.7. The van der Waals surface area contributed by atoms with Gasteiger partial charge in [0.1, 0.15) is 11.2 Å². The van der Waals surface area contributed by atoms with Crippen molar-refractivity contribution < 1.29 is 0 Å². The van der Waals surface area contributed by atoms with Gasteiger partial charge >= 0.3 is 0 Å². The van der Waals surface area contributed by atoms with Gasteiger partial charge in [-0.05, 0) is 48.9 Å². The minimum Gasteiger partial charge on any atom is -0.355 e. The Morgan fingerprint density at radius 2 is 1.89 bits per heavy atom. The molecule has 4 aromatic heterocycles. The summed E-state index contributed by atoms with van der Waals surface area (Å²) >= 11 is 21.9. The summed E-state index contributed by atoms with van der Waals surface area (Å²) < 4.78 is 2.72. The van der Waals surface area contributed by atoms with E-state index in [4.69, 9.17) is 50.5 Å². The molecule has 6 nitrogen and oxygen atoms in total. The molecule has 2 aliphatic rings. The molecule has 0 bridgehead atoms. The average molecular weight is 562 g/mol. The van der Waals surface area contributed by atoms with Gasteiger partial charge in [-0.3, -0.25) is 4.40 Å². The molecule has 5 heterocycles. The molecular formula is C24H19Cl3N6S2. The van der Waals surface area contributed by atoms with Crippen LogP contribution in [0, 0.1) is 5.41 Å². The van der Waals surface area contributed by atoms with Crippen LogP contribution in [0.25, 0.3) is 16.8 Å². The molecule has 1 fully saturated rings. The third-order valence-corrected chi connectivity index (χ3v) is 10.7. The van der Waals surface area contributed by atoms with Crippen molar-refractivity contribution in [2.24, 2.45) is 11.1 Å². The average Bonchev–Trinajstić information content (AvgIpc) is 3.59. The number of aromatic nitrogens is 4. The molecule has 2 N–H and O–H groups in total. The highest BCUT2D eigenvalue weighted by Crippen LogP contribution is 2.53. The van der Waals surface area contributed by atoms with E-state index in [-0.39, 0.29) is 11.5 Å². The van der Waals surface area contributed by atoms with Gasteiger partial charge in [0.15, 0.2) is 15.9 Å². The molecule has 1 atom stereocenters. The first-order valence-corrected chi connectivity index (χ1v) is 14.1. The first-order valence-electron chi connectivity index (χ1n) is 11.3. The second kappa shape index (κ2) is 8.10. The summed E-state index contributed by atoms with van der Waals surface area (Å²) in [6.07, 6.45) is 4.83. The van der Waals surface area contributed by atoms with Crippen LogP contribution < -0.4 is 10.6 Å². The molecule has 5 aromatic rings. The van der Waals surface area contributed by atoms with Crippen LogP contribution in [0.4, 0.5) is 5.82 Å². The SMILES string of the molecule is N[C@@H]1c2sc(Cl)nc2CC12CCN(c1nc3ccc(Sc4cccc(Cl)c4Cl)c4ncc1n34)CC2. The van der Waals surface area contributed by atoms with Crippen molar-refractivity contribution in [1.82, 2.24) is 19.4 Å². The van der Waals surface area contributed by atoms with Gasteiger partial charge in [0, 0.05) is 28.9 Å². The smallest absolute Gasteiger partial charge is 0.184 e. The van der Waals surface area contributed by atoms with E-state index in [2.05, 4.69) is 20.4 Å². The van der Waals surface area contributed by atoms with E-state index >= 15 is 0 Å². The number of hydrogen-bond donors (Lipinski definition) is 1. The van der Waals surface area contributed by atoms with Gasteiger partial charge in [-0.25, -0.2) is 15.0 Å². The fourth-order valence-corrected chi connectivity index (χ4v) is 8.27. The quantitative estimate of drug-likeness (QED) is 0.263. The van der Waals surface area contributed by atoms with Crippen molar-refractivity contribution in [3.8, 4) is 0 Å². The number of fused-ring (bicyclic) bond motifs is 1. The lowest BCUT2D eigenvalue weighted by molar-refractivity contribution is 0.187. The summed E-state index contributed by atoms with van der Waals surface area (Å²) in [6, 6.07) is 9.76. The molecule has 1 saturated heterocycles. The van der Waals surface area contributed by atoms with Crippen LogP contribution in [0.1, 0.15) is 29.5 Å². The minimum atomic E-state index is 0.00642. The van der Waals surface area contributed by atoms with E-state index in [0.29, 0.717) is 14.5 Å². The molecule has 0 unspecified atom stereocenters. The van der Waals surface area contributed by atoms with E-state index in [0.717, 1.165) is 75.3 Å². The first kappa shape index (κ1) is 22.4. The summed E-state index contributed by atoms with van der Waals surface area (Å²) in [7, 11) is 0. The minimum absolute atomic E-state index is 0.00642. The van der Waals surface area contributed by atoms with E-state index in [1.807, 2.05) is 24.4 Å². The predicted octanol–water partition coefficient (Wildman–Crippen LogP) is 6.73. The standard InChI is InChI=1S/C24H19Cl3N6S2/c25-12-2-1-3-15(18(12)26)34-16-4-5-17-31-21(14-11-29-22(16)33(14)17)32-8-6-24(7-9-32)10-13-19(20(24)28)35-23(27)30-13/h1-5,11,20H,6-10,28H2/t20-/m1/s1. The number of pyridine rings is 1. The van der Waals surface area contributed by atoms with E-state index in [1.165, 1.54) is 11.3 Å². The molecule has 11 heteroatoms. The summed E-state index contributed by atoms with van der Waals surface area (Å²) in [4.78, 5) is 19.7. The summed E-state index contributed by atoms with van der Waals surface area (Å²) in [5.74, 6) is 0.979. The van der Waals surface area contributed by atoms with Gasteiger partial charge in [0.05, 0.1) is 26.8 Å². The molecule has 7 rings (SSSR count). The third kappa shape index (κ3) is 3.38.